The molecular formula is C16H18F3NO4. The molecular weight excluding hydrogens is 327 g/mol. The van der Waals surface area contributed by atoms with Crippen molar-refractivity contribution in [2.45, 2.75) is 25.4 Å². The van der Waals surface area contributed by atoms with Crippen LogP contribution in [0.1, 0.15) is 18.4 Å². The summed E-state index contributed by atoms with van der Waals surface area (Å²) < 4.78 is 41.1. The fourth-order valence-electron chi connectivity index (χ4n) is 2.60. The zero-order chi connectivity index (χ0) is 17.7. The third kappa shape index (κ3) is 5.43. The molecule has 0 radical (unpaired) electrons. The Morgan fingerprint density at radius 3 is 2.75 bits per heavy atom. The number of piperidine rings is 1. The first kappa shape index (κ1) is 18.1. The number of carbonyl (C=O) groups excluding carboxylic acids is 1. The van der Waals surface area contributed by atoms with Crippen LogP contribution < -0.4 is 4.74 Å². The van der Waals surface area contributed by atoms with Crippen molar-refractivity contribution in [1.82, 2.24) is 4.90 Å². The molecule has 1 saturated heterocycles. The standard InChI is InChI=1S/C16H18F3NO4/c17-16(18,19)10-24-13-5-1-3-11(7-13)8-14(21)20-6-2-4-12(9-20)15(22)23/h1,3,5,7,12H,2,4,6,8-10H2,(H,22,23). The predicted octanol–water partition coefficient (Wildman–Crippen LogP) is 2.49. The second kappa shape index (κ2) is 7.55. The van der Waals surface area contributed by atoms with E-state index in [9.17, 15) is 22.8 Å². The Morgan fingerprint density at radius 1 is 1.33 bits per heavy atom. The third-order valence-corrected chi connectivity index (χ3v) is 3.78. The van der Waals surface area contributed by atoms with Gasteiger partial charge in [-0.1, -0.05) is 12.1 Å². The average Bonchev–Trinajstić information content (AvgIpc) is 2.53. The minimum absolute atomic E-state index is 0.00441. The Hall–Kier alpha value is -2.25. The van der Waals surface area contributed by atoms with Gasteiger partial charge in [0.15, 0.2) is 6.61 Å². The second-order valence-corrected chi connectivity index (χ2v) is 5.75. The van der Waals surface area contributed by atoms with Crippen molar-refractivity contribution >= 4 is 11.9 Å². The SMILES string of the molecule is O=C(O)C1CCCN(C(=O)Cc2cccc(OCC(F)(F)F)c2)C1. The number of amides is 1. The predicted molar refractivity (Wildman–Crippen MR) is 78.6 cm³/mol. The molecule has 2 rings (SSSR count). The number of benzene rings is 1. The van der Waals surface area contributed by atoms with Crippen LogP contribution in [-0.4, -0.2) is 47.8 Å². The zero-order valence-electron chi connectivity index (χ0n) is 12.9. The molecule has 1 aliphatic rings. The average molecular weight is 345 g/mol. The van der Waals surface area contributed by atoms with E-state index in [1.54, 1.807) is 6.07 Å². The van der Waals surface area contributed by atoms with Crippen LogP contribution >= 0.6 is 0 Å². The topological polar surface area (TPSA) is 66.8 Å². The number of likely N-dealkylation sites (tertiary alicyclic amines) is 1. The van der Waals surface area contributed by atoms with Gasteiger partial charge in [0.25, 0.3) is 0 Å². The van der Waals surface area contributed by atoms with E-state index in [0.717, 1.165) is 0 Å². The van der Waals surface area contributed by atoms with E-state index in [2.05, 4.69) is 4.74 Å². The number of alkyl halides is 3. The van der Waals surface area contributed by atoms with E-state index in [4.69, 9.17) is 5.11 Å². The van der Waals surface area contributed by atoms with Gasteiger partial charge in [0.1, 0.15) is 5.75 Å². The quantitative estimate of drug-likeness (QED) is 0.890. The molecule has 0 aliphatic carbocycles. The van der Waals surface area contributed by atoms with E-state index in [0.29, 0.717) is 24.9 Å². The maximum Gasteiger partial charge on any atom is 0.422 e. The van der Waals surface area contributed by atoms with Crippen molar-refractivity contribution in [3.8, 4) is 5.75 Å². The molecule has 5 nitrogen and oxygen atoms in total. The molecule has 1 heterocycles. The Balaban J connectivity index is 1.95. The number of nitrogens with zero attached hydrogens (tertiary/aromatic N) is 1. The fourth-order valence-corrected chi connectivity index (χ4v) is 2.60. The summed E-state index contributed by atoms with van der Waals surface area (Å²) in [7, 11) is 0. The van der Waals surface area contributed by atoms with Gasteiger partial charge in [-0.15, -0.1) is 0 Å². The first-order valence-electron chi connectivity index (χ1n) is 7.53. The molecule has 0 bridgehead atoms. The third-order valence-electron chi connectivity index (χ3n) is 3.78. The molecule has 1 N–H and O–H groups in total. The van der Waals surface area contributed by atoms with Crippen LogP contribution in [-0.2, 0) is 16.0 Å². The second-order valence-electron chi connectivity index (χ2n) is 5.75. The summed E-state index contributed by atoms with van der Waals surface area (Å²) in [5.74, 6) is -1.69. The summed E-state index contributed by atoms with van der Waals surface area (Å²) in [6.45, 7) is -0.734. The van der Waals surface area contributed by atoms with Gasteiger partial charge in [0, 0.05) is 13.1 Å². The molecule has 132 valence electrons. The molecule has 0 aromatic heterocycles. The number of halogens is 3. The van der Waals surface area contributed by atoms with Crippen LogP contribution in [0, 0.1) is 5.92 Å². The van der Waals surface area contributed by atoms with E-state index in [-0.39, 0.29) is 24.6 Å². The van der Waals surface area contributed by atoms with Gasteiger partial charge in [-0.05, 0) is 30.5 Å². The van der Waals surface area contributed by atoms with E-state index >= 15 is 0 Å². The molecule has 1 atom stereocenters. The minimum atomic E-state index is -4.43. The van der Waals surface area contributed by atoms with E-state index in [1.165, 1.54) is 23.1 Å². The molecule has 1 amide bonds. The highest BCUT2D eigenvalue weighted by Crippen LogP contribution is 2.21. The number of aliphatic carboxylic acids is 1. The molecule has 8 heteroatoms. The first-order valence-corrected chi connectivity index (χ1v) is 7.53. The zero-order valence-corrected chi connectivity index (χ0v) is 12.9. The lowest BCUT2D eigenvalue weighted by molar-refractivity contribution is -0.153. The number of carboxylic acid groups (broad SMARTS) is 1. The molecule has 0 spiro atoms. The van der Waals surface area contributed by atoms with Crippen LogP contribution in [0.3, 0.4) is 0 Å². The lowest BCUT2D eigenvalue weighted by Gasteiger charge is -2.30. The van der Waals surface area contributed by atoms with E-state index < -0.39 is 24.7 Å². The number of ether oxygens (including phenoxy) is 1. The molecule has 24 heavy (non-hydrogen) atoms. The van der Waals surface area contributed by atoms with Crippen molar-refractivity contribution in [2.75, 3.05) is 19.7 Å². The van der Waals surface area contributed by atoms with Crippen molar-refractivity contribution in [3.05, 3.63) is 29.8 Å². The molecule has 1 unspecified atom stereocenters. The summed E-state index contributed by atoms with van der Waals surface area (Å²) in [5.41, 5.74) is 0.525. The van der Waals surface area contributed by atoms with Crippen molar-refractivity contribution in [1.29, 1.82) is 0 Å². The Bertz CT molecular complexity index is 603. The Labute approximate surface area is 137 Å². The molecule has 1 aromatic rings. The van der Waals surface area contributed by atoms with Gasteiger partial charge in [-0.25, -0.2) is 0 Å². The number of hydrogen-bond donors (Lipinski definition) is 1. The monoisotopic (exact) mass is 345 g/mol. The highest BCUT2D eigenvalue weighted by Gasteiger charge is 2.29. The van der Waals surface area contributed by atoms with Gasteiger partial charge in [0.05, 0.1) is 12.3 Å². The molecule has 0 saturated carbocycles. The number of carbonyl (C=O) groups is 2. The van der Waals surface area contributed by atoms with Crippen LogP contribution in [0.25, 0.3) is 0 Å². The smallest absolute Gasteiger partial charge is 0.422 e. The fraction of sp³-hybridized carbons (Fsp3) is 0.500. The summed E-state index contributed by atoms with van der Waals surface area (Å²) in [5, 5.41) is 9.04. The highest BCUT2D eigenvalue weighted by atomic mass is 19.4. The van der Waals surface area contributed by atoms with Crippen LogP contribution in [0.5, 0.6) is 5.75 Å². The summed E-state index contributed by atoms with van der Waals surface area (Å²) in [4.78, 5) is 24.8. The highest BCUT2D eigenvalue weighted by molar-refractivity contribution is 5.80. The lowest BCUT2D eigenvalue weighted by atomic mass is 9.97. The van der Waals surface area contributed by atoms with Crippen molar-refractivity contribution in [2.24, 2.45) is 5.92 Å². The minimum Gasteiger partial charge on any atom is -0.484 e. The lowest BCUT2D eigenvalue weighted by Crippen LogP contribution is -2.42. The first-order chi connectivity index (χ1) is 11.2. The van der Waals surface area contributed by atoms with E-state index in [1.807, 2.05) is 0 Å². The normalized spacial score (nSPS) is 18.3. The van der Waals surface area contributed by atoms with Crippen molar-refractivity contribution in [3.63, 3.8) is 0 Å². The van der Waals surface area contributed by atoms with Crippen LogP contribution in [0.15, 0.2) is 24.3 Å². The largest absolute Gasteiger partial charge is 0.484 e. The van der Waals surface area contributed by atoms with Gasteiger partial charge in [-0.3, -0.25) is 9.59 Å². The Morgan fingerprint density at radius 2 is 2.08 bits per heavy atom. The van der Waals surface area contributed by atoms with Gasteiger partial charge in [-0.2, -0.15) is 13.2 Å². The maximum atomic E-state index is 12.3. The summed E-state index contributed by atoms with van der Waals surface area (Å²) >= 11 is 0. The van der Waals surface area contributed by atoms with Gasteiger partial charge in [0.2, 0.25) is 5.91 Å². The van der Waals surface area contributed by atoms with Crippen molar-refractivity contribution < 1.29 is 32.6 Å². The number of rotatable bonds is 5. The number of carboxylic acids is 1. The molecule has 1 fully saturated rings. The maximum absolute atomic E-state index is 12.3. The van der Waals surface area contributed by atoms with Crippen LogP contribution in [0.2, 0.25) is 0 Å². The summed E-state index contributed by atoms with van der Waals surface area (Å²) in [6.07, 6.45) is -3.27. The summed E-state index contributed by atoms with van der Waals surface area (Å²) in [6, 6.07) is 5.92. The Kier molecular flexibility index (Phi) is 5.69. The molecule has 1 aromatic carbocycles. The van der Waals surface area contributed by atoms with Gasteiger partial charge < -0.3 is 14.7 Å². The number of hydrogen-bond acceptors (Lipinski definition) is 3. The molecule has 1 aliphatic heterocycles. The van der Waals surface area contributed by atoms with Crippen LogP contribution in [0.4, 0.5) is 13.2 Å². The van der Waals surface area contributed by atoms with Gasteiger partial charge >= 0.3 is 12.1 Å².